The molecule has 2 nitrogen and oxygen atoms in total. The van der Waals surface area contributed by atoms with E-state index in [0.29, 0.717) is 6.04 Å². The molecule has 1 heterocycles. The Kier molecular flexibility index (Phi) is 6.00. The molecule has 0 spiro atoms. The first-order valence-corrected chi connectivity index (χ1v) is 7.92. The molecule has 1 unspecified atom stereocenters. The zero-order chi connectivity index (χ0) is 14.2. The molecule has 0 saturated carbocycles. The van der Waals surface area contributed by atoms with Crippen LogP contribution in [0.2, 0.25) is 0 Å². The lowest BCUT2D eigenvalue weighted by atomic mass is 9.97. The average molecular weight is 270 g/mol. The predicted octanol–water partition coefficient (Wildman–Crippen LogP) is 4.86. The Morgan fingerprint density at radius 1 is 1.05 bits per heavy atom. The van der Waals surface area contributed by atoms with E-state index in [4.69, 9.17) is 0 Å². The molecule has 0 aliphatic carbocycles. The maximum atomic E-state index is 4.43. The number of nitrogens with zero attached hydrogens (tertiary/aromatic N) is 1. The fraction of sp³-hybridized carbons (Fsp3) is 0.500. The van der Waals surface area contributed by atoms with Gasteiger partial charge in [0, 0.05) is 23.8 Å². The first kappa shape index (κ1) is 15.0. The number of hydrogen-bond donors (Lipinski definition) is 1. The molecule has 20 heavy (non-hydrogen) atoms. The molecule has 2 rings (SSSR count). The van der Waals surface area contributed by atoms with E-state index in [-0.39, 0.29) is 0 Å². The van der Waals surface area contributed by atoms with Crippen molar-refractivity contribution in [3.63, 3.8) is 0 Å². The van der Waals surface area contributed by atoms with Crippen LogP contribution >= 0.6 is 0 Å². The van der Waals surface area contributed by atoms with Crippen molar-refractivity contribution in [2.75, 3.05) is 6.54 Å². The molecule has 0 aliphatic heterocycles. The van der Waals surface area contributed by atoms with E-state index in [0.717, 1.165) is 6.54 Å². The summed E-state index contributed by atoms with van der Waals surface area (Å²) in [5, 5.41) is 6.28. The Balaban J connectivity index is 2.24. The van der Waals surface area contributed by atoms with Gasteiger partial charge >= 0.3 is 0 Å². The molecule has 1 N–H and O–H groups in total. The number of rotatable bonds is 8. The molecule has 0 aliphatic rings. The third kappa shape index (κ3) is 3.80. The molecule has 0 amide bonds. The minimum atomic E-state index is 0.431. The van der Waals surface area contributed by atoms with Crippen LogP contribution in [0.3, 0.4) is 0 Å². The van der Waals surface area contributed by atoms with Gasteiger partial charge in [-0.2, -0.15) is 0 Å². The van der Waals surface area contributed by atoms with Crippen LogP contribution in [-0.4, -0.2) is 11.5 Å². The van der Waals surface area contributed by atoms with Crippen molar-refractivity contribution < 1.29 is 0 Å². The van der Waals surface area contributed by atoms with E-state index in [9.17, 15) is 0 Å². The Hall–Kier alpha value is -1.41. The highest BCUT2D eigenvalue weighted by Crippen LogP contribution is 2.26. The van der Waals surface area contributed by atoms with Gasteiger partial charge in [-0.3, -0.25) is 4.98 Å². The van der Waals surface area contributed by atoms with Crippen LogP contribution in [0.15, 0.2) is 36.7 Å². The first-order valence-electron chi connectivity index (χ1n) is 7.92. The van der Waals surface area contributed by atoms with Crippen LogP contribution in [0.5, 0.6) is 0 Å². The number of pyridine rings is 1. The zero-order valence-electron chi connectivity index (χ0n) is 12.7. The topological polar surface area (TPSA) is 24.9 Å². The zero-order valence-corrected chi connectivity index (χ0v) is 12.7. The lowest BCUT2D eigenvalue weighted by molar-refractivity contribution is 0.476. The summed E-state index contributed by atoms with van der Waals surface area (Å²) in [6.07, 6.45) is 10.2. The highest BCUT2D eigenvalue weighted by Gasteiger charge is 2.13. The molecule has 1 atom stereocenters. The van der Waals surface area contributed by atoms with Gasteiger partial charge in [0.1, 0.15) is 0 Å². The molecule has 1 aromatic heterocycles. The number of unbranched alkanes of at least 4 members (excludes halogenated alkanes) is 2. The van der Waals surface area contributed by atoms with Gasteiger partial charge in [0.2, 0.25) is 0 Å². The molecule has 0 fully saturated rings. The maximum absolute atomic E-state index is 4.43. The first-order chi connectivity index (χ1) is 9.86. The van der Waals surface area contributed by atoms with Gasteiger partial charge in [0.25, 0.3) is 0 Å². The van der Waals surface area contributed by atoms with Gasteiger partial charge in [0.15, 0.2) is 0 Å². The summed E-state index contributed by atoms with van der Waals surface area (Å²) in [7, 11) is 0. The van der Waals surface area contributed by atoms with Crippen molar-refractivity contribution in [1.82, 2.24) is 10.3 Å². The quantitative estimate of drug-likeness (QED) is 0.693. The van der Waals surface area contributed by atoms with E-state index in [1.165, 1.54) is 48.4 Å². The summed E-state index contributed by atoms with van der Waals surface area (Å²) in [4.78, 5) is 4.43. The number of hydrogen-bond acceptors (Lipinski definition) is 2. The van der Waals surface area contributed by atoms with Crippen LogP contribution < -0.4 is 5.32 Å². The predicted molar refractivity (Wildman–Crippen MR) is 86.9 cm³/mol. The Labute approximate surface area is 122 Å². The van der Waals surface area contributed by atoms with Crippen molar-refractivity contribution in [2.24, 2.45) is 0 Å². The Bertz CT molecular complexity index is 516. The summed E-state index contributed by atoms with van der Waals surface area (Å²) in [5.74, 6) is 0. The minimum absolute atomic E-state index is 0.431. The van der Waals surface area contributed by atoms with Gasteiger partial charge in [-0.1, -0.05) is 57.4 Å². The lowest BCUT2D eigenvalue weighted by Crippen LogP contribution is -2.22. The van der Waals surface area contributed by atoms with E-state index in [1.807, 2.05) is 12.4 Å². The van der Waals surface area contributed by atoms with Crippen molar-refractivity contribution in [1.29, 1.82) is 0 Å². The van der Waals surface area contributed by atoms with Crippen molar-refractivity contribution in [3.8, 4) is 0 Å². The van der Waals surface area contributed by atoms with Crippen molar-refractivity contribution in [2.45, 2.75) is 52.0 Å². The molecular formula is C18H26N2. The minimum Gasteiger partial charge on any atom is -0.310 e. The number of aromatic nitrogens is 1. The van der Waals surface area contributed by atoms with Gasteiger partial charge in [-0.15, -0.1) is 0 Å². The van der Waals surface area contributed by atoms with E-state index < -0.39 is 0 Å². The summed E-state index contributed by atoms with van der Waals surface area (Å²) in [6.45, 7) is 5.55. The molecule has 2 aromatic rings. The Morgan fingerprint density at radius 3 is 2.70 bits per heavy atom. The summed E-state index contributed by atoms with van der Waals surface area (Å²) < 4.78 is 0. The van der Waals surface area contributed by atoms with Gasteiger partial charge < -0.3 is 5.32 Å². The number of benzene rings is 1. The van der Waals surface area contributed by atoms with Crippen LogP contribution in [0.4, 0.5) is 0 Å². The second kappa shape index (κ2) is 8.01. The monoisotopic (exact) mass is 270 g/mol. The maximum Gasteiger partial charge on any atom is 0.0346 e. The second-order valence-corrected chi connectivity index (χ2v) is 5.45. The van der Waals surface area contributed by atoms with Crippen LogP contribution in [0.1, 0.15) is 57.6 Å². The normalized spacial score (nSPS) is 12.7. The second-order valence-electron chi connectivity index (χ2n) is 5.45. The summed E-state index contributed by atoms with van der Waals surface area (Å²) in [6, 6.07) is 9.00. The molecule has 0 saturated heterocycles. The highest BCUT2D eigenvalue weighted by molar-refractivity contribution is 5.85. The van der Waals surface area contributed by atoms with Crippen molar-refractivity contribution in [3.05, 3.63) is 42.2 Å². The van der Waals surface area contributed by atoms with E-state index in [1.54, 1.807) is 0 Å². The molecule has 2 heteroatoms. The molecule has 0 radical (unpaired) electrons. The third-order valence-electron chi connectivity index (χ3n) is 3.81. The van der Waals surface area contributed by atoms with Crippen LogP contribution in [-0.2, 0) is 0 Å². The summed E-state index contributed by atoms with van der Waals surface area (Å²) >= 11 is 0. The Morgan fingerprint density at radius 2 is 1.90 bits per heavy atom. The number of fused-ring (bicyclic) bond motifs is 1. The number of nitrogens with one attached hydrogen (secondary N) is 1. The smallest absolute Gasteiger partial charge is 0.0346 e. The SMILES string of the molecule is CCCCCC(NCCC)c1cncc2ccccc12. The van der Waals surface area contributed by atoms with Gasteiger partial charge in [0.05, 0.1) is 0 Å². The van der Waals surface area contributed by atoms with Gasteiger partial charge in [-0.05, 0) is 30.3 Å². The lowest BCUT2D eigenvalue weighted by Gasteiger charge is -2.20. The van der Waals surface area contributed by atoms with Gasteiger partial charge in [-0.25, -0.2) is 0 Å². The molecule has 108 valence electrons. The fourth-order valence-corrected chi connectivity index (χ4v) is 2.70. The van der Waals surface area contributed by atoms with E-state index in [2.05, 4.69) is 48.4 Å². The molecular weight excluding hydrogens is 244 g/mol. The molecule has 0 bridgehead atoms. The summed E-state index contributed by atoms with van der Waals surface area (Å²) in [5.41, 5.74) is 1.35. The third-order valence-corrected chi connectivity index (χ3v) is 3.81. The highest BCUT2D eigenvalue weighted by atomic mass is 14.9. The van der Waals surface area contributed by atoms with Crippen LogP contribution in [0.25, 0.3) is 10.8 Å². The average Bonchev–Trinajstić information content (AvgIpc) is 2.50. The fourth-order valence-electron chi connectivity index (χ4n) is 2.70. The van der Waals surface area contributed by atoms with E-state index >= 15 is 0 Å². The largest absolute Gasteiger partial charge is 0.310 e. The standard InChI is InChI=1S/C18H26N2/c1-3-5-6-11-18(20-12-4-2)17-14-19-13-15-9-7-8-10-16(15)17/h7-10,13-14,18,20H,3-6,11-12H2,1-2H3. The molecule has 1 aromatic carbocycles. The van der Waals surface area contributed by atoms with Crippen LogP contribution in [0, 0.1) is 0 Å². The van der Waals surface area contributed by atoms with Crippen molar-refractivity contribution >= 4 is 10.8 Å².